The van der Waals surface area contributed by atoms with Crippen molar-refractivity contribution in [2.24, 2.45) is 5.73 Å². The molecule has 1 aromatic carbocycles. The van der Waals surface area contributed by atoms with Crippen LogP contribution < -0.4 is 16.8 Å². The molecule has 1 rings (SSSR count). The van der Waals surface area contributed by atoms with Crippen LogP contribution in [-0.4, -0.2) is 10.2 Å². The number of hydrogen-bond donors (Lipinski definition) is 4. The van der Waals surface area contributed by atoms with Gasteiger partial charge in [0.05, 0.1) is 5.69 Å². The maximum absolute atomic E-state index is 9.06. The predicted molar refractivity (Wildman–Crippen MR) is 52.9 cm³/mol. The van der Waals surface area contributed by atoms with Gasteiger partial charge in [-0.05, 0) is 30.4 Å². The van der Waals surface area contributed by atoms with E-state index in [0.717, 1.165) is 0 Å². The Bertz CT molecular complexity index is 314. The number of anilines is 2. The van der Waals surface area contributed by atoms with Gasteiger partial charge in [-0.25, -0.2) is 0 Å². The lowest BCUT2D eigenvalue weighted by Crippen LogP contribution is -2.18. The van der Waals surface area contributed by atoms with E-state index in [4.69, 9.17) is 16.6 Å². The summed E-state index contributed by atoms with van der Waals surface area (Å²) < 4.78 is 0. The van der Waals surface area contributed by atoms with Crippen LogP contribution in [0.3, 0.4) is 0 Å². The molecule has 0 unspecified atom stereocenters. The highest BCUT2D eigenvalue weighted by Gasteiger charge is 1.98. The van der Waals surface area contributed by atoms with Crippen molar-refractivity contribution in [3.8, 4) is 5.75 Å². The van der Waals surface area contributed by atoms with Crippen molar-refractivity contribution in [3.63, 3.8) is 0 Å². The molecule has 6 N–H and O–H groups in total. The minimum absolute atomic E-state index is 0.0449. The fourth-order valence-corrected chi connectivity index (χ4v) is 0.892. The molecule has 1 aromatic rings. The number of benzene rings is 1. The minimum atomic E-state index is 0.0449. The summed E-state index contributed by atoms with van der Waals surface area (Å²) in [4.78, 5) is 0. The molecular formula is C7H9N3OS. The van der Waals surface area contributed by atoms with Crippen LogP contribution in [0.1, 0.15) is 0 Å². The molecule has 0 saturated carbocycles. The molecular weight excluding hydrogens is 174 g/mol. The van der Waals surface area contributed by atoms with Gasteiger partial charge in [-0.3, -0.25) is 0 Å². The minimum Gasteiger partial charge on any atom is -0.506 e. The Morgan fingerprint density at radius 2 is 2.17 bits per heavy atom. The van der Waals surface area contributed by atoms with Crippen LogP contribution >= 0.6 is 12.2 Å². The summed E-state index contributed by atoms with van der Waals surface area (Å²) in [5, 5.41) is 11.9. The zero-order chi connectivity index (χ0) is 9.14. The second-order valence-corrected chi connectivity index (χ2v) is 2.70. The molecule has 0 aliphatic rings. The van der Waals surface area contributed by atoms with Crippen LogP contribution in [0, 0.1) is 0 Å². The third-order valence-electron chi connectivity index (χ3n) is 1.30. The van der Waals surface area contributed by atoms with E-state index in [-0.39, 0.29) is 16.5 Å². The molecule has 4 nitrogen and oxygen atoms in total. The fourth-order valence-electron chi connectivity index (χ4n) is 0.775. The first-order valence-electron chi connectivity index (χ1n) is 3.24. The van der Waals surface area contributed by atoms with Crippen LogP contribution in [-0.2, 0) is 0 Å². The third kappa shape index (κ3) is 2.00. The maximum atomic E-state index is 9.06. The van der Waals surface area contributed by atoms with Crippen molar-refractivity contribution in [2.45, 2.75) is 0 Å². The zero-order valence-electron chi connectivity index (χ0n) is 6.24. The highest BCUT2D eigenvalue weighted by molar-refractivity contribution is 7.80. The molecule has 0 spiro atoms. The SMILES string of the molecule is NC(=S)Nc1ccc(O)c(N)c1. The van der Waals surface area contributed by atoms with Gasteiger partial charge >= 0.3 is 0 Å². The Morgan fingerprint density at radius 1 is 1.50 bits per heavy atom. The highest BCUT2D eigenvalue weighted by atomic mass is 32.1. The summed E-state index contributed by atoms with van der Waals surface area (Å²) in [6.07, 6.45) is 0. The smallest absolute Gasteiger partial charge is 0.168 e. The predicted octanol–water partition coefficient (Wildman–Crippen LogP) is 0.630. The topological polar surface area (TPSA) is 84.3 Å². The molecule has 0 fully saturated rings. The van der Waals surface area contributed by atoms with Gasteiger partial charge in [0, 0.05) is 5.69 Å². The van der Waals surface area contributed by atoms with E-state index in [9.17, 15) is 0 Å². The molecule has 0 aliphatic carbocycles. The molecule has 0 saturated heterocycles. The number of nitrogens with one attached hydrogen (secondary N) is 1. The Balaban J connectivity index is 2.89. The molecule has 12 heavy (non-hydrogen) atoms. The average molecular weight is 183 g/mol. The van der Waals surface area contributed by atoms with E-state index in [0.29, 0.717) is 5.69 Å². The molecule has 0 atom stereocenters. The van der Waals surface area contributed by atoms with Crippen LogP contribution in [0.2, 0.25) is 0 Å². The first-order valence-corrected chi connectivity index (χ1v) is 3.65. The second-order valence-electron chi connectivity index (χ2n) is 2.26. The lowest BCUT2D eigenvalue weighted by molar-refractivity contribution is 0.478. The highest BCUT2D eigenvalue weighted by Crippen LogP contribution is 2.22. The Hall–Kier alpha value is -1.49. The number of nitrogens with two attached hydrogens (primary N) is 2. The lowest BCUT2D eigenvalue weighted by Gasteiger charge is -2.04. The first-order chi connectivity index (χ1) is 5.59. The Kier molecular flexibility index (Phi) is 2.35. The number of phenols is 1. The van der Waals surface area contributed by atoms with Gasteiger partial charge < -0.3 is 21.9 Å². The number of hydrogen-bond acceptors (Lipinski definition) is 3. The molecule has 0 amide bonds. The molecule has 5 heteroatoms. The quantitative estimate of drug-likeness (QED) is 0.222. The van der Waals surface area contributed by atoms with Crippen LogP contribution in [0.15, 0.2) is 18.2 Å². The number of nitrogen functional groups attached to an aromatic ring is 1. The molecule has 0 radical (unpaired) electrons. The van der Waals surface area contributed by atoms with Gasteiger partial charge in [0.25, 0.3) is 0 Å². The van der Waals surface area contributed by atoms with Crippen molar-refractivity contribution in [3.05, 3.63) is 18.2 Å². The fraction of sp³-hybridized carbons (Fsp3) is 0. The van der Waals surface area contributed by atoms with Crippen LogP contribution in [0.5, 0.6) is 5.75 Å². The van der Waals surface area contributed by atoms with E-state index in [2.05, 4.69) is 17.5 Å². The standard InChI is InChI=1S/C7H9N3OS/c8-5-3-4(10-7(9)12)1-2-6(5)11/h1-3,11H,8H2,(H3,9,10,12). The van der Waals surface area contributed by atoms with Crippen molar-refractivity contribution >= 4 is 28.7 Å². The van der Waals surface area contributed by atoms with Crippen LogP contribution in [0.25, 0.3) is 0 Å². The lowest BCUT2D eigenvalue weighted by atomic mass is 10.2. The number of rotatable bonds is 1. The summed E-state index contributed by atoms with van der Waals surface area (Å²) in [6.45, 7) is 0. The Morgan fingerprint density at radius 3 is 2.67 bits per heavy atom. The van der Waals surface area contributed by atoms with Crippen LogP contribution in [0.4, 0.5) is 11.4 Å². The molecule has 0 bridgehead atoms. The van der Waals surface area contributed by atoms with Gasteiger partial charge in [0.1, 0.15) is 5.75 Å². The zero-order valence-corrected chi connectivity index (χ0v) is 7.06. The summed E-state index contributed by atoms with van der Waals surface area (Å²) >= 11 is 4.62. The van der Waals surface area contributed by atoms with E-state index >= 15 is 0 Å². The molecule has 0 aliphatic heterocycles. The molecule has 0 heterocycles. The van der Waals surface area contributed by atoms with E-state index < -0.39 is 0 Å². The third-order valence-corrected chi connectivity index (χ3v) is 1.40. The molecule has 0 aromatic heterocycles. The van der Waals surface area contributed by atoms with E-state index in [1.807, 2.05) is 0 Å². The Labute approximate surface area is 75.2 Å². The largest absolute Gasteiger partial charge is 0.506 e. The molecule has 64 valence electrons. The monoisotopic (exact) mass is 183 g/mol. The van der Waals surface area contributed by atoms with Crippen molar-refractivity contribution in [2.75, 3.05) is 11.1 Å². The first kappa shape index (κ1) is 8.61. The normalized spacial score (nSPS) is 9.33. The van der Waals surface area contributed by atoms with Crippen molar-refractivity contribution < 1.29 is 5.11 Å². The summed E-state index contributed by atoms with van der Waals surface area (Å²) in [5.74, 6) is 0.0449. The van der Waals surface area contributed by atoms with Crippen molar-refractivity contribution in [1.29, 1.82) is 0 Å². The van der Waals surface area contributed by atoms with Gasteiger partial charge in [0.2, 0.25) is 0 Å². The van der Waals surface area contributed by atoms with Gasteiger partial charge in [-0.2, -0.15) is 0 Å². The van der Waals surface area contributed by atoms with E-state index in [1.165, 1.54) is 6.07 Å². The maximum Gasteiger partial charge on any atom is 0.168 e. The summed E-state index contributed by atoms with van der Waals surface area (Å²) in [6, 6.07) is 4.65. The average Bonchev–Trinajstić information content (AvgIpc) is 1.96. The van der Waals surface area contributed by atoms with Gasteiger partial charge in [-0.15, -0.1) is 0 Å². The second kappa shape index (κ2) is 3.27. The van der Waals surface area contributed by atoms with Gasteiger partial charge in [0.15, 0.2) is 5.11 Å². The number of aromatic hydroxyl groups is 1. The number of phenolic OH excluding ortho intramolecular Hbond substituents is 1. The summed E-state index contributed by atoms with van der Waals surface area (Å²) in [5.41, 5.74) is 11.6. The number of thiocarbonyl (C=S) groups is 1. The van der Waals surface area contributed by atoms with Crippen molar-refractivity contribution in [1.82, 2.24) is 0 Å². The van der Waals surface area contributed by atoms with Gasteiger partial charge in [-0.1, -0.05) is 0 Å². The summed E-state index contributed by atoms with van der Waals surface area (Å²) in [7, 11) is 0. The van der Waals surface area contributed by atoms with E-state index in [1.54, 1.807) is 12.1 Å².